The minimum Gasteiger partial charge on any atom is -0.354 e. The van der Waals surface area contributed by atoms with Crippen LogP contribution < -0.4 is 10.6 Å². The quantitative estimate of drug-likeness (QED) is 0.522. The molecule has 2 rings (SSSR count). The van der Waals surface area contributed by atoms with Gasteiger partial charge in [0, 0.05) is 12.2 Å². The van der Waals surface area contributed by atoms with Crippen LogP contribution in [0.5, 0.6) is 0 Å². The van der Waals surface area contributed by atoms with Gasteiger partial charge in [-0.05, 0) is 51.1 Å². The highest BCUT2D eigenvalue weighted by Gasteiger charge is 2.39. The summed E-state index contributed by atoms with van der Waals surface area (Å²) in [7, 11) is 0. The number of hydrogen-bond acceptors (Lipinski definition) is 3. The first-order valence-corrected chi connectivity index (χ1v) is 7.31. The molecule has 1 aromatic rings. The van der Waals surface area contributed by atoms with Gasteiger partial charge in [0.05, 0.1) is 6.20 Å². The van der Waals surface area contributed by atoms with Crippen molar-refractivity contribution in [2.24, 2.45) is 0 Å². The number of aryl methyl sites for hydroxylation is 2. The molecule has 0 aliphatic carbocycles. The lowest BCUT2D eigenvalue weighted by Gasteiger charge is -2.26. The van der Waals surface area contributed by atoms with Crippen molar-refractivity contribution in [2.45, 2.75) is 44.6 Å². The molecule has 3 N–H and O–H groups in total. The Morgan fingerprint density at radius 1 is 1.65 bits per heavy atom. The van der Waals surface area contributed by atoms with Crippen LogP contribution in [0.15, 0.2) is 18.9 Å². The number of nitrogens with one attached hydrogen (secondary N) is 3. The summed E-state index contributed by atoms with van der Waals surface area (Å²) in [5.41, 5.74) is 1.91. The van der Waals surface area contributed by atoms with E-state index in [4.69, 9.17) is 0 Å². The van der Waals surface area contributed by atoms with Crippen LogP contribution in [0.25, 0.3) is 0 Å². The van der Waals surface area contributed by atoms with E-state index in [2.05, 4.69) is 27.4 Å². The largest absolute Gasteiger partial charge is 0.354 e. The molecule has 5 heteroatoms. The molecule has 2 heterocycles. The number of carbonyl (C=O) groups excluding carboxylic acids is 1. The molecule has 1 aliphatic rings. The van der Waals surface area contributed by atoms with Crippen molar-refractivity contribution in [1.29, 1.82) is 0 Å². The van der Waals surface area contributed by atoms with Crippen LogP contribution >= 0.6 is 0 Å². The molecule has 0 bridgehead atoms. The van der Waals surface area contributed by atoms with E-state index in [0.29, 0.717) is 13.0 Å². The van der Waals surface area contributed by atoms with Gasteiger partial charge in [0.1, 0.15) is 5.54 Å². The summed E-state index contributed by atoms with van der Waals surface area (Å²) in [6.45, 7) is 7.39. The average molecular weight is 276 g/mol. The fourth-order valence-electron chi connectivity index (χ4n) is 2.79. The maximum absolute atomic E-state index is 12.3. The zero-order valence-electron chi connectivity index (χ0n) is 12.2. The van der Waals surface area contributed by atoms with Gasteiger partial charge >= 0.3 is 0 Å². The molecule has 0 saturated carbocycles. The Morgan fingerprint density at radius 2 is 2.50 bits per heavy atom. The van der Waals surface area contributed by atoms with Crippen molar-refractivity contribution in [1.82, 2.24) is 20.8 Å². The minimum absolute atomic E-state index is 0.110. The van der Waals surface area contributed by atoms with Crippen LogP contribution in [0, 0.1) is 6.92 Å². The highest BCUT2D eigenvalue weighted by Crippen LogP contribution is 2.23. The van der Waals surface area contributed by atoms with E-state index in [1.807, 2.05) is 19.2 Å². The first-order valence-electron chi connectivity index (χ1n) is 7.31. The van der Waals surface area contributed by atoms with Crippen molar-refractivity contribution >= 4 is 5.91 Å². The van der Waals surface area contributed by atoms with Gasteiger partial charge < -0.3 is 10.6 Å². The molecule has 1 saturated heterocycles. The highest BCUT2D eigenvalue weighted by molar-refractivity contribution is 5.86. The Labute approximate surface area is 120 Å². The molecule has 1 fully saturated rings. The van der Waals surface area contributed by atoms with E-state index in [1.54, 1.807) is 0 Å². The number of H-pyrrole nitrogens is 1. The molecule has 1 aliphatic heterocycles. The van der Waals surface area contributed by atoms with Crippen LogP contribution in [0.3, 0.4) is 0 Å². The highest BCUT2D eigenvalue weighted by atomic mass is 16.2. The Balaban J connectivity index is 1.77. The van der Waals surface area contributed by atoms with Gasteiger partial charge in [-0.2, -0.15) is 5.10 Å². The summed E-state index contributed by atoms with van der Waals surface area (Å²) < 4.78 is 0. The van der Waals surface area contributed by atoms with Gasteiger partial charge in [0.25, 0.3) is 0 Å². The van der Waals surface area contributed by atoms with Crippen molar-refractivity contribution in [3.8, 4) is 0 Å². The number of hydrogen-bond donors (Lipinski definition) is 3. The standard InChI is InChI=1S/C15H24N4O/c1-3-7-15(8-5-10-17-15)14(20)16-9-4-6-13-11-18-19-12(13)2/h3,11,17H,1,4-10H2,2H3,(H,16,20)(H,18,19). The summed E-state index contributed by atoms with van der Waals surface area (Å²) in [6.07, 6.45) is 8.18. The Kier molecular flexibility index (Phi) is 4.95. The molecular weight excluding hydrogens is 252 g/mol. The number of rotatable bonds is 7. The smallest absolute Gasteiger partial charge is 0.240 e. The topological polar surface area (TPSA) is 69.8 Å². The predicted molar refractivity (Wildman–Crippen MR) is 79.4 cm³/mol. The lowest BCUT2D eigenvalue weighted by molar-refractivity contribution is -0.127. The first-order chi connectivity index (χ1) is 9.68. The van der Waals surface area contributed by atoms with Gasteiger partial charge in [-0.1, -0.05) is 6.08 Å². The van der Waals surface area contributed by atoms with Gasteiger partial charge in [0.15, 0.2) is 0 Å². The van der Waals surface area contributed by atoms with Crippen LogP contribution in [-0.4, -0.2) is 34.7 Å². The third-order valence-electron chi connectivity index (χ3n) is 4.01. The van der Waals surface area contributed by atoms with Crippen molar-refractivity contribution in [3.63, 3.8) is 0 Å². The molecule has 20 heavy (non-hydrogen) atoms. The monoisotopic (exact) mass is 276 g/mol. The maximum atomic E-state index is 12.3. The number of nitrogens with zero attached hydrogens (tertiary/aromatic N) is 1. The molecule has 0 spiro atoms. The number of carbonyl (C=O) groups is 1. The van der Waals surface area contributed by atoms with Crippen molar-refractivity contribution in [3.05, 3.63) is 30.1 Å². The second-order valence-electron chi connectivity index (χ2n) is 5.48. The fraction of sp³-hybridized carbons (Fsp3) is 0.600. The zero-order chi connectivity index (χ0) is 14.4. The summed E-state index contributed by atoms with van der Waals surface area (Å²) in [4.78, 5) is 12.3. The molecule has 1 amide bonds. The van der Waals surface area contributed by atoms with E-state index >= 15 is 0 Å². The summed E-state index contributed by atoms with van der Waals surface area (Å²) in [5, 5.41) is 13.3. The molecule has 0 radical (unpaired) electrons. The van der Waals surface area contributed by atoms with E-state index in [1.165, 1.54) is 5.56 Å². The summed E-state index contributed by atoms with van der Waals surface area (Å²) in [6, 6.07) is 0. The molecule has 0 aromatic carbocycles. The van der Waals surface area contributed by atoms with Crippen LogP contribution in [0.1, 0.15) is 36.9 Å². The molecule has 1 atom stereocenters. The van der Waals surface area contributed by atoms with Crippen LogP contribution in [-0.2, 0) is 11.2 Å². The molecule has 1 unspecified atom stereocenters. The number of aromatic amines is 1. The van der Waals surface area contributed by atoms with Crippen LogP contribution in [0.2, 0.25) is 0 Å². The fourth-order valence-corrected chi connectivity index (χ4v) is 2.79. The molecule has 5 nitrogen and oxygen atoms in total. The normalized spacial score (nSPS) is 21.9. The lowest BCUT2D eigenvalue weighted by atomic mass is 9.92. The summed E-state index contributed by atoms with van der Waals surface area (Å²) >= 11 is 0. The lowest BCUT2D eigenvalue weighted by Crippen LogP contribution is -2.53. The van der Waals surface area contributed by atoms with E-state index < -0.39 is 5.54 Å². The third kappa shape index (κ3) is 3.28. The van der Waals surface area contributed by atoms with Gasteiger partial charge in [0.2, 0.25) is 5.91 Å². The van der Waals surface area contributed by atoms with Crippen LogP contribution in [0.4, 0.5) is 0 Å². The Bertz CT molecular complexity index is 460. The predicted octanol–water partition coefficient (Wildman–Crippen LogP) is 1.47. The van der Waals surface area contributed by atoms with Crippen molar-refractivity contribution < 1.29 is 4.79 Å². The van der Waals surface area contributed by atoms with E-state index in [9.17, 15) is 4.79 Å². The van der Waals surface area contributed by atoms with E-state index in [0.717, 1.165) is 37.9 Å². The molecular formula is C15H24N4O. The molecule has 1 aromatic heterocycles. The second-order valence-corrected chi connectivity index (χ2v) is 5.48. The first kappa shape index (κ1) is 14.8. The number of aromatic nitrogens is 2. The third-order valence-corrected chi connectivity index (χ3v) is 4.01. The van der Waals surface area contributed by atoms with Crippen molar-refractivity contribution in [2.75, 3.05) is 13.1 Å². The Morgan fingerprint density at radius 3 is 3.10 bits per heavy atom. The van der Waals surface area contributed by atoms with E-state index in [-0.39, 0.29) is 5.91 Å². The molecule has 110 valence electrons. The SMILES string of the molecule is C=CCC1(C(=O)NCCCc2cn[nH]c2C)CCCN1. The van der Waals surface area contributed by atoms with Gasteiger partial charge in [-0.25, -0.2) is 0 Å². The minimum atomic E-state index is -0.423. The number of amides is 1. The van der Waals surface area contributed by atoms with Gasteiger partial charge in [-0.15, -0.1) is 6.58 Å². The van der Waals surface area contributed by atoms with Gasteiger partial charge in [-0.3, -0.25) is 9.89 Å². The maximum Gasteiger partial charge on any atom is 0.240 e. The Hall–Kier alpha value is -1.62. The second kappa shape index (κ2) is 6.70. The summed E-state index contributed by atoms with van der Waals surface area (Å²) in [5.74, 6) is 0.110. The zero-order valence-corrected chi connectivity index (χ0v) is 12.2. The average Bonchev–Trinajstić information content (AvgIpc) is 3.05.